The average molecular weight is 379 g/mol. The molecule has 0 radical (unpaired) electrons. The maximum atomic E-state index is 14.1. The molecule has 3 aromatic heterocycles. The van der Waals surface area contributed by atoms with Crippen LogP contribution in [0.5, 0.6) is 0 Å². The van der Waals surface area contributed by atoms with Gasteiger partial charge >= 0.3 is 0 Å². The molecule has 1 aromatic carbocycles. The van der Waals surface area contributed by atoms with E-state index >= 15 is 0 Å². The van der Waals surface area contributed by atoms with Crippen LogP contribution in [0.4, 0.5) is 4.39 Å². The third kappa shape index (κ3) is 2.04. The fraction of sp³-hybridized carbons (Fsp3) is 0.0769. The highest BCUT2D eigenvalue weighted by Crippen LogP contribution is 2.29. The third-order valence-electron chi connectivity index (χ3n) is 3.20. The standard InChI is InChI=1S/C13H8BrFN6S/c1-20-10(4-5-16-20)12-19-21-11(17-18-13(21)22-12)8-6-7(14)2-3-9(8)15/h2-6H,1H3. The number of benzene rings is 1. The molecule has 0 atom stereocenters. The minimum atomic E-state index is -0.368. The van der Waals surface area contributed by atoms with Gasteiger partial charge < -0.3 is 0 Å². The summed E-state index contributed by atoms with van der Waals surface area (Å²) in [5.41, 5.74) is 1.22. The van der Waals surface area contributed by atoms with Gasteiger partial charge in [-0.1, -0.05) is 27.3 Å². The van der Waals surface area contributed by atoms with Crippen LogP contribution in [0.3, 0.4) is 0 Å². The molecule has 0 spiro atoms. The van der Waals surface area contributed by atoms with Crippen molar-refractivity contribution in [2.24, 2.45) is 7.05 Å². The minimum Gasteiger partial charge on any atom is -0.265 e. The Morgan fingerprint density at radius 1 is 1.23 bits per heavy atom. The van der Waals surface area contributed by atoms with Gasteiger partial charge in [-0.05, 0) is 24.3 Å². The van der Waals surface area contributed by atoms with Crippen LogP contribution in [0.25, 0.3) is 27.1 Å². The Kier molecular flexibility index (Phi) is 3.05. The molecule has 6 nitrogen and oxygen atoms in total. The van der Waals surface area contributed by atoms with E-state index in [9.17, 15) is 4.39 Å². The van der Waals surface area contributed by atoms with E-state index in [0.29, 0.717) is 16.3 Å². The van der Waals surface area contributed by atoms with Crippen LogP contribution < -0.4 is 0 Å². The molecule has 0 aliphatic carbocycles. The van der Waals surface area contributed by atoms with Crippen LogP contribution in [0, 0.1) is 5.82 Å². The molecule has 22 heavy (non-hydrogen) atoms. The number of aromatic nitrogens is 6. The van der Waals surface area contributed by atoms with E-state index in [0.717, 1.165) is 15.2 Å². The van der Waals surface area contributed by atoms with Gasteiger partial charge in [-0.3, -0.25) is 4.68 Å². The molecule has 0 N–H and O–H groups in total. The summed E-state index contributed by atoms with van der Waals surface area (Å²) in [5.74, 6) is 0.00560. The Morgan fingerprint density at radius 2 is 2.09 bits per heavy atom. The molecule has 0 saturated carbocycles. The third-order valence-corrected chi connectivity index (χ3v) is 4.61. The second-order valence-electron chi connectivity index (χ2n) is 4.59. The Balaban J connectivity index is 1.91. The van der Waals surface area contributed by atoms with Crippen LogP contribution >= 0.6 is 27.3 Å². The Bertz CT molecular complexity index is 988. The number of aryl methyl sites for hydroxylation is 1. The number of halogens is 2. The zero-order valence-corrected chi connectivity index (χ0v) is 13.6. The molecular formula is C13H8BrFN6S. The van der Waals surface area contributed by atoms with Crippen molar-refractivity contribution in [1.82, 2.24) is 29.6 Å². The number of fused-ring (bicyclic) bond motifs is 1. The maximum absolute atomic E-state index is 14.1. The molecular weight excluding hydrogens is 371 g/mol. The van der Waals surface area contributed by atoms with Crippen LogP contribution in [0.15, 0.2) is 34.9 Å². The molecule has 0 bridgehead atoms. The molecule has 3 heterocycles. The second-order valence-corrected chi connectivity index (χ2v) is 6.46. The summed E-state index contributed by atoms with van der Waals surface area (Å²) >= 11 is 4.72. The molecule has 4 aromatic rings. The maximum Gasteiger partial charge on any atom is 0.235 e. The highest BCUT2D eigenvalue weighted by Gasteiger charge is 2.18. The van der Waals surface area contributed by atoms with Crippen molar-refractivity contribution in [1.29, 1.82) is 0 Å². The molecule has 0 fully saturated rings. The predicted octanol–water partition coefficient (Wildman–Crippen LogP) is 3.15. The van der Waals surface area contributed by atoms with Crippen LogP contribution in [0.1, 0.15) is 0 Å². The van der Waals surface area contributed by atoms with Gasteiger partial charge in [-0.25, -0.2) is 4.39 Å². The van der Waals surface area contributed by atoms with Crippen molar-refractivity contribution >= 4 is 32.2 Å². The number of hydrogen-bond acceptors (Lipinski definition) is 5. The van der Waals surface area contributed by atoms with Crippen molar-refractivity contribution in [2.75, 3.05) is 0 Å². The monoisotopic (exact) mass is 378 g/mol. The van der Waals surface area contributed by atoms with Crippen molar-refractivity contribution in [3.63, 3.8) is 0 Å². The van der Waals surface area contributed by atoms with E-state index in [2.05, 4.69) is 36.3 Å². The highest BCUT2D eigenvalue weighted by atomic mass is 79.9. The number of rotatable bonds is 2. The zero-order valence-electron chi connectivity index (χ0n) is 11.2. The highest BCUT2D eigenvalue weighted by molar-refractivity contribution is 9.10. The van der Waals surface area contributed by atoms with E-state index in [1.807, 2.05) is 13.1 Å². The lowest BCUT2D eigenvalue weighted by Gasteiger charge is -2.00. The lowest BCUT2D eigenvalue weighted by atomic mass is 10.2. The Labute approximate surface area is 136 Å². The van der Waals surface area contributed by atoms with E-state index in [4.69, 9.17) is 0 Å². The Morgan fingerprint density at radius 3 is 2.86 bits per heavy atom. The van der Waals surface area contributed by atoms with Gasteiger partial charge in [-0.2, -0.15) is 14.7 Å². The molecule has 4 rings (SSSR count). The first-order chi connectivity index (χ1) is 10.6. The Hall–Kier alpha value is -2.13. The van der Waals surface area contributed by atoms with Crippen molar-refractivity contribution in [2.45, 2.75) is 0 Å². The molecule has 0 amide bonds. The summed E-state index contributed by atoms with van der Waals surface area (Å²) in [5, 5.41) is 17.5. The lowest BCUT2D eigenvalue weighted by molar-refractivity contribution is 0.629. The van der Waals surface area contributed by atoms with E-state index in [1.165, 1.54) is 17.4 Å². The van der Waals surface area contributed by atoms with Gasteiger partial charge in [0.25, 0.3) is 0 Å². The van der Waals surface area contributed by atoms with E-state index in [1.54, 1.807) is 27.5 Å². The fourth-order valence-corrected chi connectivity index (χ4v) is 3.40. The van der Waals surface area contributed by atoms with Gasteiger partial charge in [0, 0.05) is 17.7 Å². The average Bonchev–Trinajstić information content (AvgIpc) is 3.16. The van der Waals surface area contributed by atoms with Crippen molar-refractivity contribution in [3.8, 4) is 22.1 Å². The minimum absolute atomic E-state index is 0.351. The smallest absolute Gasteiger partial charge is 0.235 e. The lowest BCUT2D eigenvalue weighted by Crippen LogP contribution is -1.96. The van der Waals surface area contributed by atoms with Crippen LogP contribution in [-0.2, 0) is 7.05 Å². The summed E-state index contributed by atoms with van der Waals surface area (Å²) in [7, 11) is 1.84. The SMILES string of the molecule is Cn1nccc1-c1nn2c(-c3cc(Br)ccc3F)nnc2s1. The predicted molar refractivity (Wildman–Crippen MR) is 84.0 cm³/mol. The van der Waals surface area contributed by atoms with Gasteiger partial charge in [0.1, 0.15) is 5.82 Å². The molecule has 110 valence electrons. The molecule has 0 aliphatic heterocycles. The number of nitrogens with zero attached hydrogens (tertiary/aromatic N) is 6. The van der Waals surface area contributed by atoms with Crippen LogP contribution in [0.2, 0.25) is 0 Å². The zero-order chi connectivity index (χ0) is 15.3. The molecule has 9 heteroatoms. The van der Waals surface area contributed by atoms with Gasteiger partial charge in [0.05, 0.1) is 11.3 Å². The van der Waals surface area contributed by atoms with Gasteiger partial charge in [0.15, 0.2) is 10.8 Å². The molecule has 0 unspecified atom stereocenters. The first kappa shape index (κ1) is 13.5. The largest absolute Gasteiger partial charge is 0.265 e. The fourth-order valence-electron chi connectivity index (χ4n) is 2.14. The van der Waals surface area contributed by atoms with Crippen LogP contribution in [-0.4, -0.2) is 29.6 Å². The topological polar surface area (TPSA) is 60.9 Å². The first-order valence-electron chi connectivity index (χ1n) is 6.29. The number of hydrogen-bond donors (Lipinski definition) is 0. The van der Waals surface area contributed by atoms with Crippen molar-refractivity contribution < 1.29 is 4.39 Å². The summed E-state index contributed by atoms with van der Waals surface area (Å²) in [6.45, 7) is 0. The summed E-state index contributed by atoms with van der Waals surface area (Å²) in [6.07, 6.45) is 1.70. The van der Waals surface area contributed by atoms with E-state index < -0.39 is 0 Å². The van der Waals surface area contributed by atoms with E-state index in [-0.39, 0.29) is 5.82 Å². The molecule has 0 saturated heterocycles. The van der Waals surface area contributed by atoms with Gasteiger partial charge in [0.2, 0.25) is 4.96 Å². The second kappa shape index (κ2) is 4.96. The summed E-state index contributed by atoms with van der Waals surface area (Å²) in [6, 6.07) is 6.55. The summed E-state index contributed by atoms with van der Waals surface area (Å²) < 4.78 is 18.1. The first-order valence-corrected chi connectivity index (χ1v) is 7.90. The molecule has 0 aliphatic rings. The quantitative estimate of drug-likeness (QED) is 0.537. The summed E-state index contributed by atoms with van der Waals surface area (Å²) in [4.78, 5) is 0.602. The normalized spacial score (nSPS) is 11.4. The van der Waals surface area contributed by atoms with Gasteiger partial charge in [-0.15, -0.1) is 10.2 Å². The van der Waals surface area contributed by atoms with Crippen molar-refractivity contribution in [3.05, 3.63) is 40.8 Å².